The first-order valence-corrected chi connectivity index (χ1v) is 6.64. The Bertz CT molecular complexity index is 842. The zero-order valence-corrected chi connectivity index (χ0v) is 11.9. The van der Waals surface area contributed by atoms with Crippen LogP contribution in [0.1, 0.15) is 27.7 Å². The summed E-state index contributed by atoms with van der Waals surface area (Å²) < 4.78 is 5.26. The molecule has 0 fully saturated rings. The maximum Gasteiger partial charge on any atom is 0.373 e. The van der Waals surface area contributed by atoms with Gasteiger partial charge < -0.3 is 9.52 Å². The van der Waals surface area contributed by atoms with E-state index in [2.05, 4.69) is 9.97 Å². The van der Waals surface area contributed by atoms with Crippen molar-refractivity contribution in [1.82, 2.24) is 9.97 Å². The minimum Gasteiger partial charge on any atom is -0.475 e. The van der Waals surface area contributed by atoms with E-state index in [0.29, 0.717) is 23.0 Å². The quantitative estimate of drug-likeness (QED) is 0.801. The molecule has 2 aromatic heterocycles. The van der Waals surface area contributed by atoms with Crippen molar-refractivity contribution < 1.29 is 14.3 Å². The van der Waals surface area contributed by atoms with Gasteiger partial charge in [0.1, 0.15) is 0 Å². The van der Waals surface area contributed by atoms with Gasteiger partial charge in [0.15, 0.2) is 5.89 Å². The number of carbonyl (C=O) groups is 1. The number of hydrogen-bond acceptors (Lipinski definition) is 4. The Morgan fingerprint density at radius 2 is 2.19 bits per heavy atom. The van der Waals surface area contributed by atoms with E-state index in [9.17, 15) is 4.79 Å². The van der Waals surface area contributed by atoms with Gasteiger partial charge >= 0.3 is 5.97 Å². The van der Waals surface area contributed by atoms with Crippen molar-refractivity contribution in [2.24, 2.45) is 0 Å². The standard InChI is InChI=1S/C15H11ClN2O3/c1-8-14(15(19)20)21-13(18-8)5-9-2-3-12-10(4-9)6-11(16)7-17-12/h2-4,6-7H,5H2,1H3,(H,19,20). The number of oxazole rings is 1. The molecule has 5 nitrogen and oxygen atoms in total. The van der Waals surface area contributed by atoms with Gasteiger partial charge in [-0.2, -0.15) is 0 Å². The molecule has 0 aliphatic rings. The molecule has 0 aliphatic heterocycles. The molecule has 1 N–H and O–H groups in total. The second-order valence-electron chi connectivity index (χ2n) is 4.68. The van der Waals surface area contributed by atoms with Crippen LogP contribution in [0.3, 0.4) is 0 Å². The number of aromatic nitrogens is 2. The summed E-state index contributed by atoms with van der Waals surface area (Å²) in [7, 11) is 0. The van der Waals surface area contributed by atoms with E-state index in [1.165, 1.54) is 0 Å². The van der Waals surface area contributed by atoms with Crippen LogP contribution in [0, 0.1) is 6.92 Å². The van der Waals surface area contributed by atoms with Crippen LogP contribution in [0.4, 0.5) is 0 Å². The topological polar surface area (TPSA) is 76.2 Å². The number of nitrogens with zero attached hydrogens (tertiary/aromatic N) is 2. The zero-order chi connectivity index (χ0) is 15.0. The van der Waals surface area contributed by atoms with E-state index in [-0.39, 0.29) is 5.76 Å². The third-order valence-electron chi connectivity index (χ3n) is 3.10. The minimum atomic E-state index is -1.11. The van der Waals surface area contributed by atoms with Crippen molar-refractivity contribution in [2.45, 2.75) is 13.3 Å². The van der Waals surface area contributed by atoms with Crippen molar-refractivity contribution in [1.29, 1.82) is 0 Å². The van der Waals surface area contributed by atoms with Crippen LogP contribution >= 0.6 is 11.6 Å². The lowest BCUT2D eigenvalue weighted by atomic mass is 10.1. The number of rotatable bonds is 3. The zero-order valence-electron chi connectivity index (χ0n) is 11.1. The Kier molecular flexibility index (Phi) is 3.35. The molecule has 3 aromatic rings. The molecule has 0 saturated heterocycles. The molecule has 0 radical (unpaired) electrons. The van der Waals surface area contributed by atoms with Gasteiger partial charge in [0, 0.05) is 18.0 Å². The highest BCUT2D eigenvalue weighted by atomic mass is 35.5. The fourth-order valence-corrected chi connectivity index (χ4v) is 2.33. The fourth-order valence-electron chi connectivity index (χ4n) is 2.17. The molecular formula is C15H11ClN2O3. The molecule has 3 rings (SSSR count). The van der Waals surface area contributed by atoms with Gasteiger partial charge in [-0.1, -0.05) is 17.7 Å². The normalized spacial score (nSPS) is 11.0. The number of aromatic carboxylic acids is 1. The summed E-state index contributed by atoms with van der Waals surface area (Å²) in [6, 6.07) is 7.56. The maximum atomic E-state index is 10.9. The molecule has 1 aromatic carbocycles. The molecule has 0 saturated carbocycles. The Labute approximate surface area is 125 Å². The summed E-state index contributed by atoms with van der Waals surface area (Å²) in [5.41, 5.74) is 2.17. The molecule has 21 heavy (non-hydrogen) atoms. The molecule has 0 spiro atoms. The van der Waals surface area contributed by atoms with Crippen LogP contribution < -0.4 is 0 Å². The number of fused-ring (bicyclic) bond motifs is 1. The lowest BCUT2D eigenvalue weighted by Crippen LogP contribution is -1.95. The number of halogens is 1. The highest BCUT2D eigenvalue weighted by Crippen LogP contribution is 2.20. The van der Waals surface area contributed by atoms with Gasteiger partial charge in [-0.15, -0.1) is 0 Å². The molecule has 0 amide bonds. The van der Waals surface area contributed by atoms with Crippen molar-refractivity contribution in [2.75, 3.05) is 0 Å². The van der Waals surface area contributed by atoms with Crippen LogP contribution in [0.15, 0.2) is 34.9 Å². The van der Waals surface area contributed by atoms with Crippen molar-refractivity contribution >= 4 is 28.5 Å². The first-order valence-electron chi connectivity index (χ1n) is 6.27. The maximum absolute atomic E-state index is 10.9. The fraction of sp³-hybridized carbons (Fsp3) is 0.133. The smallest absolute Gasteiger partial charge is 0.373 e. The summed E-state index contributed by atoms with van der Waals surface area (Å²) >= 11 is 5.93. The molecule has 0 unspecified atom stereocenters. The predicted molar refractivity (Wildman–Crippen MR) is 77.8 cm³/mol. The highest BCUT2D eigenvalue weighted by molar-refractivity contribution is 6.31. The van der Waals surface area contributed by atoms with Crippen LogP contribution in [0.25, 0.3) is 10.9 Å². The first-order chi connectivity index (χ1) is 10.0. The average molecular weight is 303 g/mol. The molecule has 6 heteroatoms. The molecule has 106 valence electrons. The van der Waals surface area contributed by atoms with Crippen molar-refractivity contribution in [3.63, 3.8) is 0 Å². The molecule has 0 aliphatic carbocycles. The summed E-state index contributed by atoms with van der Waals surface area (Å²) in [6.07, 6.45) is 2.01. The molecular weight excluding hydrogens is 292 g/mol. The van der Waals surface area contributed by atoms with Crippen molar-refractivity contribution in [3.05, 3.63) is 58.4 Å². The number of aryl methyl sites for hydroxylation is 1. The van der Waals surface area contributed by atoms with Crippen LogP contribution in [0.5, 0.6) is 0 Å². The van der Waals surface area contributed by atoms with Crippen LogP contribution in [-0.4, -0.2) is 21.0 Å². The number of benzene rings is 1. The Hall–Kier alpha value is -2.40. The molecule has 2 heterocycles. The SMILES string of the molecule is Cc1nc(Cc2ccc3ncc(Cl)cc3c2)oc1C(=O)O. The predicted octanol–water partition coefficient (Wildman–Crippen LogP) is 3.47. The average Bonchev–Trinajstić information content (AvgIpc) is 2.79. The van der Waals surface area contributed by atoms with Gasteiger partial charge in [-0.05, 0) is 30.7 Å². The lowest BCUT2D eigenvalue weighted by molar-refractivity contribution is 0.0659. The second-order valence-corrected chi connectivity index (χ2v) is 5.12. The van der Waals surface area contributed by atoms with Gasteiger partial charge in [0.05, 0.1) is 16.2 Å². The third-order valence-corrected chi connectivity index (χ3v) is 3.31. The van der Waals surface area contributed by atoms with E-state index < -0.39 is 5.97 Å². The number of carboxylic acids is 1. The minimum absolute atomic E-state index is 0.115. The monoisotopic (exact) mass is 302 g/mol. The summed E-state index contributed by atoms with van der Waals surface area (Å²) in [4.78, 5) is 19.3. The third kappa shape index (κ3) is 2.73. The summed E-state index contributed by atoms with van der Waals surface area (Å²) in [5, 5.41) is 10.4. The van der Waals surface area contributed by atoms with Gasteiger partial charge in [0.25, 0.3) is 0 Å². The number of pyridine rings is 1. The van der Waals surface area contributed by atoms with E-state index in [1.54, 1.807) is 13.1 Å². The van der Waals surface area contributed by atoms with Crippen LogP contribution in [0.2, 0.25) is 5.02 Å². The van der Waals surface area contributed by atoms with E-state index in [1.807, 2.05) is 24.3 Å². The van der Waals surface area contributed by atoms with E-state index in [4.69, 9.17) is 21.1 Å². The van der Waals surface area contributed by atoms with Crippen molar-refractivity contribution in [3.8, 4) is 0 Å². The summed E-state index contributed by atoms with van der Waals surface area (Å²) in [5.74, 6) is -0.851. The Morgan fingerprint density at radius 1 is 1.38 bits per heavy atom. The first kappa shape index (κ1) is 13.6. The molecule has 0 atom stereocenters. The number of hydrogen-bond donors (Lipinski definition) is 1. The largest absolute Gasteiger partial charge is 0.475 e. The van der Waals surface area contributed by atoms with Gasteiger partial charge in [-0.25, -0.2) is 9.78 Å². The second kappa shape index (κ2) is 5.18. The lowest BCUT2D eigenvalue weighted by Gasteiger charge is -2.01. The highest BCUT2D eigenvalue weighted by Gasteiger charge is 2.16. The Balaban J connectivity index is 1.94. The van der Waals surface area contributed by atoms with E-state index in [0.717, 1.165) is 16.5 Å². The summed E-state index contributed by atoms with van der Waals surface area (Å²) in [6.45, 7) is 1.61. The van der Waals surface area contributed by atoms with Crippen LogP contribution in [-0.2, 0) is 6.42 Å². The number of carboxylic acid groups (broad SMARTS) is 1. The van der Waals surface area contributed by atoms with Gasteiger partial charge in [0.2, 0.25) is 5.76 Å². The Morgan fingerprint density at radius 3 is 2.90 bits per heavy atom. The molecule has 0 bridgehead atoms. The van der Waals surface area contributed by atoms with Gasteiger partial charge in [-0.3, -0.25) is 4.98 Å². The van der Waals surface area contributed by atoms with E-state index >= 15 is 0 Å².